The molecule has 0 saturated carbocycles. The van der Waals surface area contributed by atoms with Crippen molar-refractivity contribution >= 4 is 11.6 Å². The Morgan fingerprint density at radius 2 is 0.710 bits per heavy atom. The summed E-state index contributed by atoms with van der Waals surface area (Å²) in [6.07, 6.45) is 0. The molecule has 4 aromatic carbocycles. The van der Waals surface area contributed by atoms with Gasteiger partial charge in [0.25, 0.3) is 0 Å². The second kappa shape index (κ2) is 9.97. The van der Waals surface area contributed by atoms with Crippen LogP contribution in [0.1, 0.15) is 16.7 Å². The van der Waals surface area contributed by atoms with Crippen molar-refractivity contribution in [1.82, 2.24) is 0 Å². The Bertz CT molecular complexity index is 1090. The van der Waals surface area contributed by atoms with E-state index >= 15 is 0 Å². The summed E-state index contributed by atoms with van der Waals surface area (Å²) in [5.74, 6) is 1.51. The van der Waals surface area contributed by atoms with Crippen molar-refractivity contribution in [1.29, 1.82) is 0 Å². The maximum absolute atomic E-state index is 7.35. The molecular weight excluding hydrogens is 400 g/mol. The van der Waals surface area contributed by atoms with Gasteiger partial charge in [-0.2, -0.15) is 0 Å². The minimum Gasteiger partial charge on any atom is -0.457 e. The molecule has 0 heterocycles. The molecular formula is C29H23ClO. The minimum absolute atomic E-state index is 0.754. The molecule has 0 N–H and O–H groups in total. The fraction of sp³-hybridized carbons (Fsp3) is 0.0345. The monoisotopic (exact) mass is 422 g/mol. The lowest BCUT2D eigenvalue weighted by Gasteiger charge is -2.29. The molecule has 152 valence electrons. The SMILES string of the molecule is ClC(c1ccccc1)(c1ccccc1)c1ccc(Oc2ccccccccc2)cc1. The molecule has 4 rings (SSSR count). The highest BCUT2D eigenvalue weighted by Crippen LogP contribution is 2.43. The Hall–Kier alpha value is -3.55. The summed E-state index contributed by atoms with van der Waals surface area (Å²) in [4.78, 5) is -0.781. The van der Waals surface area contributed by atoms with Crippen molar-refractivity contribution in [3.8, 4) is 11.5 Å². The molecule has 0 radical (unpaired) electrons. The largest absolute Gasteiger partial charge is 0.457 e. The Kier molecular flexibility index (Phi) is 6.66. The summed E-state index contributed by atoms with van der Waals surface area (Å²) >= 11 is 7.35. The fourth-order valence-corrected chi connectivity index (χ4v) is 3.85. The van der Waals surface area contributed by atoms with E-state index in [4.69, 9.17) is 16.3 Å². The van der Waals surface area contributed by atoms with Crippen LogP contribution >= 0.6 is 11.6 Å². The van der Waals surface area contributed by atoms with Gasteiger partial charge in [0.2, 0.25) is 0 Å². The van der Waals surface area contributed by atoms with Crippen LogP contribution < -0.4 is 4.74 Å². The predicted molar refractivity (Wildman–Crippen MR) is 129 cm³/mol. The number of halogens is 1. The van der Waals surface area contributed by atoms with E-state index in [1.165, 1.54) is 0 Å². The number of hydrogen-bond acceptors (Lipinski definition) is 1. The zero-order chi connectivity index (χ0) is 21.4. The van der Waals surface area contributed by atoms with E-state index in [9.17, 15) is 0 Å². The van der Waals surface area contributed by atoms with E-state index < -0.39 is 4.87 Å². The van der Waals surface area contributed by atoms with Crippen molar-refractivity contribution in [3.05, 3.63) is 156 Å². The average Bonchev–Trinajstić information content (AvgIpc) is 2.84. The van der Waals surface area contributed by atoms with Crippen LogP contribution in [0, 0.1) is 0 Å². The third kappa shape index (κ3) is 4.96. The van der Waals surface area contributed by atoms with Gasteiger partial charge >= 0.3 is 0 Å². The van der Waals surface area contributed by atoms with Gasteiger partial charge in [-0.15, -0.1) is 11.6 Å². The predicted octanol–water partition coefficient (Wildman–Crippen LogP) is 8.13. The van der Waals surface area contributed by atoms with Gasteiger partial charge in [0, 0.05) is 0 Å². The molecule has 0 aromatic heterocycles. The molecule has 1 nitrogen and oxygen atoms in total. The molecule has 0 amide bonds. The first-order valence-electron chi connectivity index (χ1n) is 10.2. The van der Waals surface area contributed by atoms with Crippen LogP contribution in [0.3, 0.4) is 0 Å². The first-order valence-corrected chi connectivity index (χ1v) is 10.6. The normalized spacial score (nSPS) is 10.7. The molecule has 2 heteroatoms. The van der Waals surface area contributed by atoms with Gasteiger partial charge in [0.05, 0.1) is 0 Å². The minimum atomic E-state index is -0.781. The van der Waals surface area contributed by atoms with Gasteiger partial charge in [-0.3, -0.25) is 0 Å². The highest BCUT2D eigenvalue weighted by Gasteiger charge is 2.33. The molecule has 0 aliphatic rings. The summed E-state index contributed by atoms with van der Waals surface area (Å²) < 4.78 is 6.09. The zero-order valence-electron chi connectivity index (χ0n) is 17.1. The number of benzene rings is 3. The van der Waals surface area contributed by atoms with Gasteiger partial charge in [-0.1, -0.05) is 115 Å². The number of rotatable bonds is 5. The van der Waals surface area contributed by atoms with Gasteiger partial charge in [0.1, 0.15) is 16.4 Å². The average molecular weight is 423 g/mol. The van der Waals surface area contributed by atoms with Crippen molar-refractivity contribution in [2.45, 2.75) is 4.87 Å². The Morgan fingerprint density at radius 1 is 0.387 bits per heavy atom. The second-order valence-corrected chi connectivity index (χ2v) is 7.67. The van der Waals surface area contributed by atoms with E-state index in [0.717, 1.165) is 28.2 Å². The van der Waals surface area contributed by atoms with Crippen LogP contribution in [0.25, 0.3) is 0 Å². The van der Waals surface area contributed by atoms with Gasteiger partial charge < -0.3 is 4.74 Å². The maximum Gasteiger partial charge on any atom is 0.127 e. The van der Waals surface area contributed by atoms with Gasteiger partial charge in [-0.25, -0.2) is 0 Å². The van der Waals surface area contributed by atoms with Crippen LogP contribution in [0.15, 0.2) is 140 Å². The molecule has 0 atom stereocenters. The van der Waals surface area contributed by atoms with E-state index in [-0.39, 0.29) is 0 Å². The third-order valence-electron chi connectivity index (χ3n) is 5.02. The van der Waals surface area contributed by atoms with E-state index in [1.807, 2.05) is 115 Å². The lowest BCUT2D eigenvalue weighted by atomic mass is 9.84. The van der Waals surface area contributed by atoms with E-state index in [1.54, 1.807) is 0 Å². The first-order chi connectivity index (χ1) is 15.3. The van der Waals surface area contributed by atoms with Crippen molar-refractivity contribution in [2.75, 3.05) is 0 Å². The molecule has 0 fully saturated rings. The van der Waals surface area contributed by atoms with Crippen molar-refractivity contribution in [3.63, 3.8) is 0 Å². The second-order valence-electron chi connectivity index (χ2n) is 7.10. The summed E-state index contributed by atoms with van der Waals surface area (Å²) in [5, 5.41) is 0. The number of ether oxygens (including phenoxy) is 1. The highest BCUT2D eigenvalue weighted by molar-refractivity contribution is 6.28. The summed E-state index contributed by atoms with van der Waals surface area (Å²) in [7, 11) is 0. The maximum atomic E-state index is 7.35. The molecule has 0 saturated heterocycles. The van der Waals surface area contributed by atoms with Crippen LogP contribution in [-0.4, -0.2) is 0 Å². The zero-order valence-corrected chi connectivity index (χ0v) is 17.8. The Morgan fingerprint density at radius 3 is 1.19 bits per heavy atom. The smallest absolute Gasteiger partial charge is 0.127 e. The van der Waals surface area contributed by atoms with Crippen LogP contribution in [0.4, 0.5) is 0 Å². The molecule has 0 aliphatic carbocycles. The lowest BCUT2D eigenvalue weighted by molar-refractivity contribution is 0.483. The topological polar surface area (TPSA) is 9.23 Å². The van der Waals surface area contributed by atoms with Crippen LogP contribution in [-0.2, 0) is 4.87 Å². The molecule has 0 unspecified atom stereocenters. The van der Waals surface area contributed by atoms with Gasteiger partial charge in [0.15, 0.2) is 0 Å². The van der Waals surface area contributed by atoms with E-state index in [2.05, 4.69) is 24.3 Å². The summed E-state index contributed by atoms with van der Waals surface area (Å²) in [6, 6.07) is 46.0. The van der Waals surface area contributed by atoms with Crippen LogP contribution in [0.2, 0.25) is 0 Å². The molecule has 0 aliphatic heterocycles. The highest BCUT2D eigenvalue weighted by atomic mass is 35.5. The van der Waals surface area contributed by atoms with Crippen molar-refractivity contribution in [2.24, 2.45) is 0 Å². The van der Waals surface area contributed by atoms with Gasteiger partial charge in [-0.05, 0) is 41.0 Å². The number of alkyl halides is 1. The van der Waals surface area contributed by atoms with Crippen molar-refractivity contribution < 1.29 is 4.74 Å². The molecule has 0 bridgehead atoms. The van der Waals surface area contributed by atoms with E-state index in [0.29, 0.717) is 0 Å². The van der Waals surface area contributed by atoms with Crippen LogP contribution in [0.5, 0.6) is 11.5 Å². The Labute approximate surface area is 188 Å². The quantitative estimate of drug-likeness (QED) is 0.233. The fourth-order valence-electron chi connectivity index (χ4n) is 3.47. The molecule has 0 spiro atoms. The number of hydrogen-bond donors (Lipinski definition) is 0. The Balaban J connectivity index is 1.69. The summed E-state index contributed by atoms with van der Waals surface area (Å²) in [6.45, 7) is 0. The molecule has 31 heavy (non-hydrogen) atoms. The first kappa shape index (κ1) is 20.7. The standard InChI is InChI=1S/C29H23ClO/c30-29(24-14-8-6-9-15-24,25-16-10-7-11-17-25)26-20-22-28(23-21-26)31-27-18-12-4-2-1-3-5-13-19-27/h1-23H. The lowest BCUT2D eigenvalue weighted by Crippen LogP contribution is -2.22. The summed E-state index contributed by atoms with van der Waals surface area (Å²) in [5.41, 5.74) is 3.04. The third-order valence-corrected chi connectivity index (χ3v) is 5.67. The molecule has 4 aromatic rings.